The summed E-state index contributed by atoms with van der Waals surface area (Å²) < 4.78 is 5.90. The van der Waals surface area contributed by atoms with Gasteiger partial charge in [0.15, 0.2) is 0 Å². The molecule has 0 spiro atoms. The second kappa shape index (κ2) is 12.4. The van der Waals surface area contributed by atoms with Gasteiger partial charge in [0, 0.05) is 17.2 Å². The molecular weight excluding hydrogens is 450 g/mol. The van der Waals surface area contributed by atoms with E-state index >= 15 is 0 Å². The highest BCUT2D eigenvalue weighted by Crippen LogP contribution is 2.32. The van der Waals surface area contributed by atoms with Crippen molar-refractivity contribution in [1.82, 2.24) is 4.98 Å². The molecule has 7 atom stereocenters. The Morgan fingerprint density at radius 1 is 1.21 bits per heavy atom. The molecule has 34 heavy (non-hydrogen) atoms. The van der Waals surface area contributed by atoms with E-state index in [1.165, 1.54) is 0 Å². The number of aliphatic hydroxyl groups is 2. The van der Waals surface area contributed by atoms with Crippen molar-refractivity contribution in [3.05, 3.63) is 28.2 Å². The van der Waals surface area contributed by atoms with E-state index in [1.807, 2.05) is 25.3 Å². The molecule has 1 aromatic rings. The third-order valence-corrected chi connectivity index (χ3v) is 8.15. The van der Waals surface area contributed by atoms with Crippen molar-refractivity contribution in [3.63, 3.8) is 0 Å². The summed E-state index contributed by atoms with van der Waals surface area (Å²) in [4.78, 5) is 30.6. The van der Waals surface area contributed by atoms with Gasteiger partial charge in [-0.2, -0.15) is 0 Å². The average Bonchev–Trinajstić information content (AvgIpc) is 3.18. The van der Waals surface area contributed by atoms with E-state index in [0.717, 1.165) is 36.4 Å². The van der Waals surface area contributed by atoms with E-state index in [9.17, 15) is 19.8 Å². The van der Waals surface area contributed by atoms with E-state index in [2.05, 4.69) is 24.9 Å². The molecule has 1 aliphatic heterocycles. The standard InChI is InChI=1S/C27H43NO5S/c1-16-9-8-10-17(2)25(31)19(4)26(32)27(6,7)23(29)14-24(30)33-22(12-11-16)18(3)13-21-15-34-20(5)28-21/h8,10,15-19,22-23,25,29,31H,9,11-14H2,1-7H3/b10-8+/t16-,17-,18+,19+,22?,23-,25-/m0/s1. The summed E-state index contributed by atoms with van der Waals surface area (Å²) in [5.41, 5.74) is -0.185. The predicted octanol–water partition coefficient (Wildman–Crippen LogP) is 4.90. The number of carbonyl (C=O) groups is 2. The maximum Gasteiger partial charge on any atom is 0.308 e. The zero-order chi connectivity index (χ0) is 25.6. The first-order valence-electron chi connectivity index (χ1n) is 12.5. The number of thiazole rings is 1. The predicted molar refractivity (Wildman–Crippen MR) is 136 cm³/mol. The number of ether oxygens (including phenoxy) is 1. The summed E-state index contributed by atoms with van der Waals surface area (Å²) >= 11 is 1.61. The largest absolute Gasteiger partial charge is 0.462 e. The van der Waals surface area contributed by atoms with Crippen molar-refractivity contribution < 1.29 is 24.5 Å². The van der Waals surface area contributed by atoms with Gasteiger partial charge >= 0.3 is 5.97 Å². The first-order chi connectivity index (χ1) is 15.8. The minimum atomic E-state index is -1.20. The van der Waals surface area contributed by atoms with Crippen molar-refractivity contribution in [3.8, 4) is 0 Å². The van der Waals surface area contributed by atoms with Crippen molar-refractivity contribution in [2.45, 2.75) is 98.9 Å². The number of aliphatic hydroxyl groups excluding tert-OH is 2. The minimum absolute atomic E-state index is 0.0778. The quantitative estimate of drug-likeness (QED) is 0.459. The molecule has 7 heteroatoms. The van der Waals surface area contributed by atoms with Crippen LogP contribution in [0.1, 0.15) is 77.9 Å². The van der Waals surface area contributed by atoms with E-state index in [1.54, 1.807) is 32.1 Å². The molecule has 0 bridgehead atoms. The molecule has 1 aliphatic rings. The molecule has 2 N–H and O–H groups in total. The molecule has 0 radical (unpaired) electrons. The molecule has 192 valence electrons. The molecule has 2 heterocycles. The van der Waals surface area contributed by atoms with Crippen LogP contribution in [-0.2, 0) is 20.7 Å². The lowest BCUT2D eigenvalue weighted by atomic mass is 9.73. The van der Waals surface area contributed by atoms with Crippen LogP contribution in [0.4, 0.5) is 0 Å². The van der Waals surface area contributed by atoms with Crippen molar-refractivity contribution >= 4 is 23.1 Å². The number of hydrogen-bond acceptors (Lipinski definition) is 7. The van der Waals surface area contributed by atoms with Gasteiger partial charge in [0.2, 0.25) is 0 Å². The van der Waals surface area contributed by atoms with Gasteiger partial charge in [0.05, 0.1) is 34.7 Å². The lowest BCUT2D eigenvalue weighted by molar-refractivity contribution is -0.158. The van der Waals surface area contributed by atoms with E-state index in [-0.39, 0.29) is 30.1 Å². The lowest BCUT2D eigenvalue weighted by Crippen LogP contribution is -2.45. The summed E-state index contributed by atoms with van der Waals surface area (Å²) in [6.45, 7) is 13.1. The summed E-state index contributed by atoms with van der Waals surface area (Å²) in [5.74, 6) is -1.15. The van der Waals surface area contributed by atoms with Crippen LogP contribution in [0.15, 0.2) is 17.5 Å². The van der Waals surface area contributed by atoms with Crippen LogP contribution in [0.2, 0.25) is 0 Å². The third-order valence-electron chi connectivity index (χ3n) is 7.33. The molecule has 0 aliphatic carbocycles. The maximum absolute atomic E-state index is 13.2. The Bertz CT molecular complexity index is 848. The number of aryl methyl sites for hydroxylation is 1. The SMILES string of the molecule is Cc1nc(C[C@@H](C)C2CC[C@@H](C)C/C=C/[C@H](C)[C@H](O)[C@@H](C)C(=O)C(C)(C)[C@@H](O)CC(=O)O2)cs1. The number of hydrogen-bond donors (Lipinski definition) is 2. The van der Waals surface area contributed by atoms with Crippen LogP contribution in [-0.4, -0.2) is 45.3 Å². The normalized spacial score (nSPS) is 33.8. The molecule has 0 fully saturated rings. The monoisotopic (exact) mass is 493 g/mol. The Balaban J connectivity index is 2.25. The molecule has 0 saturated heterocycles. The molecule has 1 unspecified atom stereocenters. The zero-order valence-corrected chi connectivity index (χ0v) is 22.6. The Kier molecular flexibility index (Phi) is 10.5. The van der Waals surface area contributed by atoms with Gasteiger partial charge in [-0.1, -0.05) is 53.7 Å². The molecule has 2 rings (SSSR count). The summed E-state index contributed by atoms with van der Waals surface area (Å²) in [5, 5.41) is 24.6. The van der Waals surface area contributed by atoms with E-state index in [4.69, 9.17) is 4.74 Å². The summed E-state index contributed by atoms with van der Waals surface area (Å²) in [6.07, 6.45) is 4.63. The topological polar surface area (TPSA) is 96.7 Å². The average molecular weight is 494 g/mol. The second-order valence-corrected chi connectivity index (χ2v) is 11.9. The number of nitrogens with zero attached hydrogens (tertiary/aromatic N) is 1. The number of carbonyl (C=O) groups excluding carboxylic acids is 2. The number of esters is 1. The third kappa shape index (κ3) is 7.72. The van der Waals surface area contributed by atoms with Crippen LogP contribution in [0, 0.1) is 36.0 Å². The van der Waals surface area contributed by atoms with Crippen molar-refractivity contribution in [2.75, 3.05) is 0 Å². The van der Waals surface area contributed by atoms with E-state index < -0.39 is 29.5 Å². The number of cyclic esters (lactones) is 1. The highest BCUT2D eigenvalue weighted by Gasteiger charge is 2.42. The molecule has 0 aromatic carbocycles. The fraction of sp³-hybridized carbons (Fsp3) is 0.741. The number of rotatable bonds is 3. The van der Waals surface area contributed by atoms with Crippen molar-refractivity contribution in [2.24, 2.45) is 29.1 Å². The Morgan fingerprint density at radius 2 is 1.88 bits per heavy atom. The fourth-order valence-corrected chi connectivity index (χ4v) is 5.25. The fourth-order valence-electron chi connectivity index (χ4n) is 4.62. The van der Waals surface area contributed by atoms with Crippen LogP contribution in [0.3, 0.4) is 0 Å². The highest BCUT2D eigenvalue weighted by molar-refractivity contribution is 7.09. The second-order valence-electron chi connectivity index (χ2n) is 10.9. The van der Waals surface area contributed by atoms with Gasteiger partial charge in [-0.25, -0.2) is 4.98 Å². The Hall–Kier alpha value is -1.57. The lowest BCUT2D eigenvalue weighted by Gasteiger charge is -2.34. The minimum Gasteiger partial charge on any atom is -0.462 e. The number of Topliss-reactive ketones (excluding diaryl/α,β-unsaturated/α-hetero) is 1. The number of aromatic nitrogens is 1. The number of allylic oxidation sites excluding steroid dienone is 1. The van der Waals surface area contributed by atoms with Gasteiger partial charge in [0.1, 0.15) is 11.9 Å². The molecule has 0 amide bonds. The first kappa shape index (κ1) is 28.7. The van der Waals surface area contributed by atoms with Gasteiger partial charge in [-0.3, -0.25) is 9.59 Å². The van der Waals surface area contributed by atoms with E-state index in [0.29, 0.717) is 5.92 Å². The summed E-state index contributed by atoms with van der Waals surface area (Å²) in [6, 6.07) is 0. The zero-order valence-electron chi connectivity index (χ0n) is 21.8. The first-order valence-corrected chi connectivity index (χ1v) is 13.4. The Morgan fingerprint density at radius 3 is 2.50 bits per heavy atom. The molecule has 0 saturated carbocycles. The van der Waals surface area contributed by atoms with Crippen LogP contribution >= 0.6 is 11.3 Å². The van der Waals surface area contributed by atoms with Gasteiger partial charge in [-0.05, 0) is 44.4 Å². The Labute approximate surface area is 208 Å². The van der Waals surface area contributed by atoms with Crippen LogP contribution in [0.25, 0.3) is 0 Å². The van der Waals surface area contributed by atoms with Gasteiger partial charge < -0.3 is 14.9 Å². The maximum atomic E-state index is 13.2. The van der Waals surface area contributed by atoms with Gasteiger partial charge in [0.25, 0.3) is 0 Å². The highest BCUT2D eigenvalue weighted by atomic mass is 32.1. The molecule has 6 nitrogen and oxygen atoms in total. The molecular formula is C27H43NO5S. The smallest absolute Gasteiger partial charge is 0.308 e. The van der Waals surface area contributed by atoms with Crippen LogP contribution in [0.5, 0.6) is 0 Å². The molecule has 1 aromatic heterocycles. The number of ketones is 1. The van der Waals surface area contributed by atoms with Crippen LogP contribution < -0.4 is 0 Å². The van der Waals surface area contributed by atoms with Gasteiger partial charge in [-0.15, -0.1) is 11.3 Å². The van der Waals surface area contributed by atoms with Crippen molar-refractivity contribution in [1.29, 1.82) is 0 Å². The summed E-state index contributed by atoms with van der Waals surface area (Å²) in [7, 11) is 0.